The highest BCUT2D eigenvalue weighted by molar-refractivity contribution is 14.0. The molecule has 0 bridgehead atoms. The molecule has 1 saturated heterocycles. The third kappa shape index (κ3) is 5.41. The average Bonchev–Trinajstić information content (AvgIpc) is 3.13. The maximum absolute atomic E-state index is 5.77. The maximum atomic E-state index is 5.77. The van der Waals surface area contributed by atoms with Gasteiger partial charge in [-0.25, -0.2) is 4.99 Å². The molecule has 0 aromatic carbocycles. The molecule has 0 radical (unpaired) electrons. The zero-order valence-corrected chi connectivity index (χ0v) is 15.4. The number of aliphatic imine (C=N–C) groups is 1. The summed E-state index contributed by atoms with van der Waals surface area (Å²) in [5, 5.41) is 7.36. The van der Waals surface area contributed by atoms with Gasteiger partial charge in [0.15, 0.2) is 5.96 Å². The van der Waals surface area contributed by atoms with Gasteiger partial charge in [0, 0.05) is 36.8 Å². The molecule has 2 fully saturated rings. The van der Waals surface area contributed by atoms with Crippen molar-refractivity contribution in [2.24, 2.45) is 10.9 Å². The van der Waals surface area contributed by atoms with Gasteiger partial charge in [-0.2, -0.15) is 0 Å². The van der Waals surface area contributed by atoms with E-state index in [0.29, 0.717) is 23.5 Å². The van der Waals surface area contributed by atoms with E-state index in [1.54, 1.807) is 0 Å². The minimum atomic E-state index is 0. The number of hydrogen-bond acceptors (Lipinski definition) is 2. The van der Waals surface area contributed by atoms with Crippen molar-refractivity contribution in [3.63, 3.8) is 0 Å². The molecule has 0 aromatic heterocycles. The lowest BCUT2D eigenvalue weighted by Gasteiger charge is -2.20. The van der Waals surface area contributed by atoms with Crippen LogP contribution in [-0.4, -0.2) is 49.1 Å². The lowest BCUT2D eigenvalue weighted by atomic mass is 10.1. The Morgan fingerprint density at radius 2 is 2.10 bits per heavy atom. The highest BCUT2D eigenvalue weighted by Crippen LogP contribution is 2.31. The molecule has 1 saturated carbocycles. The maximum Gasteiger partial charge on any atom is 0.191 e. The standard InChI is InChI=1S/C14H25ClN4.HI/c1-4-16-14(17-7-11(3)15)18-13-9-19(8-10(13)2)12-5-6-12;/h10,12-13H,3-9H2,1-2H3,(H2,16,17,18);1H. The fourth-order valence-corrected chi connectivity index (χ4v) is 2.65. The second-order valence-electron chi connectivity index (χ2n) is 5.63. The summed E-state index contributed by atoms with van der Waals surface area (Å²) >= 11 is 5.77. The van der Waals surface area contributed by atoms with Crippen LogP contribution in [0.1, 0.15) is 26.7 Å². The predicted molar refractivity (Wildman–Crippen MR) is 97.1 cm³/mol. The molecule has 116 valence electrons. The van der Waals surface area contributed by atoms with Crippen molar-refractivity contribution < 1.29 is 0 Å². The fraction of sp³-hybridized carbons (Fsp3) is 0.786. The normalized spacial score (nSPS) is 27.1. The molecule has 2 N–H and O–H groups in total. The lowest BCUT2D eigenvalue weighted by molar-refractivity contribution is 0.315. The number of hydrogen-bond donors (Lipinski definition) is 2. The Bertz CT molecular complexity index is 357. The third-order valence-corrected chi connectivity index (χ3v) is 3.90. The van der Waals surface area contributed by atoms with Crippen LogP contribution in [0.2, 0.25) is 0 Å². The van der Waals surface area contributed by atoms with Gasteiger partial charge >= 0.3 is 0 Å². The summed E-state index contributed by atoms with van der Waals surface area (Å²) in [7, 11) is 0. The van der Waals surface area contributed by atoms with E-state index in [-0.39, 0.29) is 24.0 Å². The average molecular weight is 413 g/mol. The zero-order chi connectivity index (χ0) is 13.8. The summed E-state index contributed by atoms with van der Waals surface area (Å²) in [5.41, 5.74) is 0. The molecule has 1 aliphatic carbocycles. The first-order chi connectivity index (χ1) is 9.10. The number of rotatable bonds is 5. The van der Waals surface area contributed by atoms with Crippen LogP contribution in [0.15, 0.2) is 16.6 Å². The van der Waals surface area contributed by atoms with Gasteiger partial charge in [0.05, 0.1) is 6.54 Å². The van der Waals surface area contributed by atoms with E-state index < -0.39 is 0 Å². The lowest BCUT2D eigenvalue weighted by Crippen LogP contribution is -2.46. The summed E-state index contributed by atoms with van der Waals surface area (Å²) in [5.74, 6) is 1.50. The second-order valence-corrected chi connectivity index (χ2v) is 6.16. The zero-order valence-electron chi connectivity index (χ0n) is 12.4. The molecule has 4 nitrogen and oxygen atoms in total. The number of guanidine groups is 1. The molecule has 0 aromatic rings. The van der Waals surface area contributed by atoms with Crippen LogP contribution in [0.3, 0.4) is 0 Å². The highest BCUT2D eigenvalue weighted by atomic mass is 127. The van der Waals surface area contributed by atoms with Crippen molar-refractivity contribution in [1.29, 1.82) is 0 Å². The van der Waals surface area contributed by atoms with Crippen molar-refractivity contribution in [3.8, 4) is 0 Å². The summed E-state index contributed by atoms with van der Waals surface area (Å²) in [6.07, 6.45) is 2.75. The van der Waals surface area contributed by atoms with E-state index in [1.165, 1.54) is 19.4 Å². The van der Waals surface area contributed by atoms with E-state index >= 15 is 0 Å². The number of halogens is 2. The summed E-state index contributed by atoms with van der Waals surface area (Å²) in [6, 6.07) is 1.32. The quantitative estimate of drug-likeness (QED) is 0.414. The molecule has 6 heteroatoms. The molecule has 1 aliphatic heterocycles. The van der Waals surface area contributed by atoms with Crippen LogP contribution in [-0.2, 0) is 0 Å². The Labute approximate surface area is 144 Å². The van der Waals surface area contributed by atoms with Gasteiger partial charge in [-0.3, -0.25) is 4.90 Å². The van der Waals surface area contributed by atoms with Gasteiger partial charge in [-0.1, -0.05) is 25.1 Å². The SMILES string of the molecule is C=C(Cl)CN=C(NCC)NC1CN(C2CC2)CC1C.I. The van der Waals surface area contributed by atoms with Gasteiger partial charge in [-0.05, 0) is 25.7 Å². The minimum absolute atomic E-state index is 0. The first kappa shape index (κ1) is 18.0. The Balaban J connectivity index is 0.00000200. The summed E-state index contributed by atoms with van der Waals surface area (Å²) in [4.78, 5) is 7.04. The van der Waals surface area contributed by atoms with Crippen molar-refractivity contribution in [2.75, 3.05) is 26.2 Å². The number of nitrogens with zero attached hydrogens (tertiary/aromatic N) is 2. The molecule has 2 atom stereocenters. The third-order valence-electron chi connectivity index (χ3n) is 3.78. The van der Waals surface area contributed by atoms with Crippen LogP contribution in [0.5, 0.6) is 0 Å². The van der Waals surface area contributed by atoms with Gasteiger partial charge in [0.1, 0.15) is 0 Å². The molecular formula is C14H26ClIN4. The number of nitrogens with one attached hydrogen (secondary N) is 2. The molecule has 1 heterocycles. The van der Waals surface area contributed by atoms with E-state index in [4.69, 9.17) is 11.6 Å². The molecule has 2 unspecified atom stereocenters. The van der Waals surface area contributed by atoms with E-state index in [0.717, 1.165) is 25.1 Å². The number of likely N-dealkylation sites (tertiary alicyclic amines) is 1. The molecule has 0 amide bonds. The largest absolute Gasteiger partial charge is 0.357 e. The Kier molecular flexibility index (Phi) is 7.61. The van der Waals surface area contributed by atoms with Crippen molar-refractivity contribution in [1.82, 2.24) is 15.5 Å². The van der Waals surface area contributed by atoms with E-state index in [9.17, 15) is 0 Å². The van der Waals surface area contributed by atoms with Gasteiger partial charge in [0.25, 0.3) is 0 Å². The molecule has 0 spiro atoms. The van der Waals surface area contributed by atoms with Crippen LogP contribution in [0.25, 0.3) is 0 Å². The molecule has 2 aliphatic rings. The molecule has 20 heavy (non-hydrogen) atoms. The van der Waals surface area contributed by atoms with Crippen molar-refractivity contribution in [2.45, 2.75) is 38.8 Å². The van der Waals surface area contributed by atoms with Gasteiger partial charge < -0.3 is 10.6 Å². The molecule has 2 rings (SSSR count). The summed E-state index contributed by atoms with van der Waals surface area (Å²) in [6.45, 7) is 11.7. The first-order valence-electron chi connectivity index (χ1n) is 7.22. The second kappa shape index (κ2) is 8.44. The van der Waals surface area contributed by atoms with Crippen LogP contribution < -0.4 is 10.6 Å². The van der Waals surface area contributed by atoms with Gasteiger partial charge in [0.2, 0.25) is 0 Å². The summed E-state index contributed by atoms with van der Waals surface area (Å²) < 4.78 is 0. The van der Waals surface area contributed by atoms with Gasteiger partial charge in [-0.15, -0.1) is 24.0 Å². The predicted octanol–water partition coefficient (Wildman–Crippen LogP) is 2.39. The highest BCUT2D eigenvalue weighted by Gasteiger charge is 2.38. The van der Waals surface area contributed by atoms with Crippen LogP contribution in [0.4, 0.5) is 0 Å². The molecular weight excluding hydrogens is 387 g/mol. The monoisotopic (exact) mass is 412 g/mol. The van der Waals surface area contributed by atoms with Crippen molar-refractivity contribution in [3.05, 3.63) is 11.6 Å². The van der Waals surface area contributed by atoms with Crippen LogP contribution in [0, 0.1) is 5.92 Å². The Morgan fingerprint density at radius 3 is 2.65 bits per heavy atom. The fourth-order valence-electron chi connectivity index (χ4n) is 2.59. The topological polar surface area (TPSA) is 39.7 Å². The Morgan fingerprint density at radius 1 is 1.40 bits per heavy atom. The first-order valence-corrected chi connectivity index (χ1v) is 7.60. The van der Waals surface area contributed by atoms with Crippen molar-refractivity contribution >= 4 is 41.5 Å². The smallest absolute Gasteiger partial charge is 0.191 e. The Hall–Kier alpha value is -0.0100. The minimum Gasteiger partial charge on any atom is -0.357 e. The van der Waals surface area contributed by atoms with E-state index in [2.05, 4.69) is 41.0 Å². The van der Waals surface area contributed by atoms with E-state index in [1.807, 2.05) is 0 Å². The van der Waals surface area contributed by atoms with Crippen LogP contribution >= 0.6 is 35.6 Å².